The molecule has 0 atom stereocenters. The fourth-order valence-corrected chi connectivity index (χ4v) is 1.79. The van der Waals surface area contributed by atoms with Crippen LogP contribution in [0, 0.1) is 0 Å². The topological polar surface area (TPSA) is 32.3 Å². The van der Waals surface area contributed by atoms with Crippen molar-refractivity contribution in [2.45, 2.75) is 26.8 Å². The summed E-state index contributed by atoms with van der Waals surface area (Å²) in [7, 11) is 1.83. The molecule has 88 valence electrons. The predicted molar refractivity (Wildman–Crippen MR) is 67.8 cm³/mol. The zero-order chi connectivity index (χ0) is 12.1. The van der Waals surface area contributed by atoms with Crippen LogP contribution in [-0.2, 0) is 0 Å². The summed E-state index contributed by atoms with van der Waals surface area (Å²) in [6.45, 7) is 6.79. The van der Waals surface area contributed by atoms with Crippen LogP contribution in [0.15, 0.2) is 24.3 Å². The summed E-state index contributed by atoms with van der Waals surface area (Å²) in [5.74, 6) is 0.0856. The van der Waals surface area contributed by atoms with Gasteiger partial charge in [0.2, 0.25) is 0 Å². The third-order valence-electron chi connectivity index (χ3n) is 2.65. The molecule has 0 bridgehead atoms. The van der Waals surface area contributed by atoms with E-state index in [2.05, 4.69) is 5.32 Å². The summed E-state index contributed by atoms with van der Waals surface area (Å²) < 4.78 is 0. The molecule has 0 saturated heterocycles. The Morgan fingerprint density at radius 3 is 2.50 bits per heavy atom. The quantitative estimate of drug-likeness (QED) is 0.846. The third-order valence-corrected chi connectivity index (χ3v) is 2.65. The standard InChI is InChI=1S/C13H20N2O/c1-5-15(10(2)3)13(16)11-8-6-7-9-12(11)14-4/h6-10,14H,5H2,1-4H3. The largest absolute Gasteiger partial charge is 0.387 e. The Balaban J connectivity index is 3.03. The van der Waals surface area contributed by atoms with E-state index in [1.807, 2.05) is 57.0 Å². The smallest absolute Gasteiger partial charge is 0.256 e. The number of para-hydroxylation sites is 1. The molecule has 3 nitrogen and oxygen atoms in total. The summed E-state index contributed by atoms with van der Waals surface area (Å²) in [5, 5.41) is 3.05. The molecule has 0 aliphatic carbocycles. The van der Waals surface area contributed by atoms with Crippen molar-refractivity contribution in [3.05, 3.63) is 29.8 Å². The van der Waals surface area contributed by atoms with Crippen LogP contribution in [-0.4, -0.2) is 30.4 Å². The third kappa shape index (κ3) is 2.54. The minimum absolute atomic E-state index is 0.0856. The average molecular weight is 220 g/mol. The highest BCUT2D eigenvalue weighted by molar-refractivity contribution is 5.99. The van der Waals surface area contributed by atoms with Crippen molar-refractivity contribution in [3.63, 3.8) is 0 Å². The molecule has 1 N–H and O–H groups in total. The lowest BCUT2D eigenvalue weighted by atomic mass is 10.1. The normalized spacial score (nSPS) is 10.3. The zero-order valence-corrected chi connectivity index (χ0v) is 10.4. The van der Waals surface area contributed by atoms with Crippen LogP contribution < -0.4 is 5.32 Å². The molecule has 0 saturated carbocycles. The number of hydrogen-bond donors (Lipinski definition) is 1. The molecule has 0 radical (unpaired) electrons. The number of amides is 1. The number of anilines is 1. The van der Waals surface area contributed by atoms with Crippen molar-refractivity contribution in [1.29, 1.82) is 0 Å². The van der Waals surface area contributed by atoms with Crippen molar-refractivity contribution in [2.75, 3.05) is 18.9 Å². The Labute approximate surface area is 97.5 Å². The van der Waals surface area contributed by atoms with Crippen LogP contribution in [0.25, 0.3) is 0 Å². The van der Waals surface area contributed by atoms with Gasteiger partial charge in [-0.15, -0.1) is 0 Å². The van der Waals surface area contributed by atoms with Gasteiger partial charge in [-0.2, -0.15) is 0 Å². The lowest BCUT2D eigenvalue weighted by Crippen LogP contribution is -2.36. The van der Waals surface area contributed by atoms with E-state index >= 15 is 0 Å². The molecule has 16 heavy (non-hydrogen) atoms. The van der Waals surface area contributed by atoms with E-state index in [0.29, 0.717) is 0 Å². The van der Waals surface area contributed by atoms with E-state index in [0.717, 1.165) is 17.8 Å². The van der Waals surface area contributed by atoms with Crippen molar-refractivity contribution in [2.24, 2.45) is 0 Å². The Morgan fingerprint density at radius 1 is 1.38 bits per heavy atom. The molecule has 0 spiro atoms. The Morgan fingerprint density at radius 2 is 2.00 bits per heavy atom. The second-order valence-corrected chi connectivity index (χ2v) is 3.98. The number of hydrogen-bond acceptors (Lipinski definition) is 2. The maximum Gasteiger partial charge on any atom is 0.256 e. The molecule has 1 aromatic carbocycles. The fraction of sp³-hybridized carbons (Fsp3) is 0.462. The van der Waals surface area contributed by atoms with Crippen LogP contribution >= 0.6 is 0 Å². The van der Waals surface area contributed by atoms with E-state index in [-0.39, 0.29) is 11.9 Å². The first-order valence-electron chi connectivity index (χ1n) is 5.69. The Bertz CT molecular complexity index is 361. The summed E-state index contributed by atoms with van der Waals surface area (Å²) in [4.78, 5) is 14.1. The monoisotopic (exact) mass is 220 g/mol. The molecule has 0 aliphatic heterocycles. The van der Waals surface area contributed by atoms with Gasteiger partial charge in [-0.05, 0) is 32.9 Å². The molecule has 3 heteroatoms. The molecular formula is C13H20N2O. The summed E-state index contributed by atoms with van der Waals surface area (Å²) >= 11 is 0. The van der Waals surface area contributed by atoms with Gasteiger partial charge in [-0.3, -0.25) is 4.79 Å². The molecule has 0 aliphatic rings. The van der Waals surface area contributed by atoms with Gasteiger partial charge in [-0.25, -0.2) is 0 Å². The van der Waals surface area contributed by atoms with E-state index in [1.165, 1.54) is 0 Å². The van der Waals surface area contributed by atoms with Gasteiger partial charge in [0, 0.05) is 25.3 Å². The maximum absolute atomic E-state index is 12.3. The molecule has 1 rings (SSSR count). The van der Waals surface area contributed by atoms with Gasteiger partial charge < -0.3 is 10.2 Å². The van der Waals surface area contributed by atoms with Crippen LogP contribution in [0.2, 0.25) is 0 Å². The predicted octanol–water partition coefficient (Wildman–Crippen LogP) is 2.60. The molecular weight excluding hydrogens is 200 g/mol. The summed E-state index contributed by atoms with van der Waals surface area (Å²) in [6, 6.07) is 7.82. The minimum Gasteiger partial charge on any atom is -0.387 e. The van der Waals surface area contributed by atoms with Crippen molar-refractivity contribution < 1.29 is 4.79 Å². The lowest BCUT2D eigenvalue weighted by Gasteiger charge is -2.26. The molecule has 0 fully saturated rings. The number of carbonyl (C=O) groups is 1. The first-order valence-corrected chi connectivity index (χ1v) is 5.69. The molecule has 0 aromatic heterocycles. The number of nitrogens with zero attached hydrogens (tertiary/aromatic N) is 1. The number of rotatable bonds is 4. The van der Waals surface area contributed by atoms with Gasteiger partial charge in [0.05, 0.1) is 5.56 Å². The lowest BCUT2D eigenvalue weighted by molar-refractivity contribution is 0.0718. The summed E-state index contributed by atoms with van der Waals surface area (Å²) in [6.07, 6.45) is 0. The zero-order valence-electron chi connectivity index (χ0n) is 10.4. The van der Waals surface area contributed by atoms with Crippen LogP contribution in [0.5, 0.6) is 0 Å². The highest BCUT2D eigenvalue weighted by Crippen LogP contribution is 2.17. The van der Waals surface area contributed by atoms with Gasteiger partial charge in [0.25, 0.3) is 5.91 Å². The Hall–Kier alpha value is -1.51. The second kappa shape index (κ2) is 5.54. The average Bonchev–Trinajstić information content (AvgIpc) is 2.29. The van der Waals surface area contributed by atoms with Gasteiger partial charge in [0.1, 0.15) is 0 Å². The van der Waals surface area contributed by atoms with E-state index in [1.54, 1.807) is 0 Å². The minimum atomic E-state index is 0.0856. The van der Waals surface area contributed by atoms with E-state index in [4.69, 9.17) is 0 Å². The van der Waals surface area contributed by atoms with E-state index in [9.17, 15) is 4.79 Å². The number of nitrogens with one attached hydrogen (secondary N) is 1. The summed E-state index contributed by atoms with van der Waals surface area (Å²) in [5.41, 5.74) is 1.62. The highest BCUT2D eigenvalue weighted by atomic mass is 16.2. The first kappa shape index (κ1) is 12.6. The SMILES string of the molecule is CCN(C(=O)c1ccccc1NC)C(C)C. The van der Waals surface area contributed by atoms with Crippen molar-refractivity contribution in [3.8, 4) is 0 Å². The highest BCUT2D eigenvalue weighted by Gasteiger charge is 2.18. The Kier molecular flexibility index (Phi) is 4.35. The number of carbonyl (C=O) groups excluding carboxylic acids is 1. The first-order chi connectivity index (χ1) is 7.61. The van der Waals surface area contributed by atoms with Crippen molar-refractivity contribution in [1.82, 2.24) is 4.90 Å². The van der Waals surface area contributed by atoms with Crippen LogP contribution in [0.4, 0.5) is 5.69 Å². The van der Waals surface area contributed by atoms with E-state index < -0.39 is 0 Å². The molecule has 0 unspecified atom stereocenters. The second-order valence-electron chi connectivity index (χ2n) is 3.98. The van der Waals surface area contributed by atoms with Crippen molar-refractivity contribution >= 4 is 11.6 Å². The van der Waals surface area contributed by atoms with Gasteiger partial charge >= 0.3 is 0 Å². The molecule has 1 amide bonds. The molecule has 0 heterocycles. The van der Waals surface area contributed by atoms with Gasteiger partial charge in [0.15, 0.2) is 0 Å². The van der Waals surface area contributed by atoms with Crippen LogP contribution in [0.3, 0.4) is 0 Å². The maximum atomic E-state index is 12.3. The van der Waals surface area contributed by atoms with Crippen LogP contribution in [0.1, 0.15) is 31.1 Å². The number of benzene rings is 1. The fourth-order valence-electron chi connectivity index (χ4n) is 1.79. The molecule has 1 aromatic rings. The van der Waals surface area contributed by atoms with Gasteiger partial charge in [-0.1, -0.05) is 12.1 Å².